The van der Waals surface area contributed by atoms with E-state index in [1.54, 1.807) is 0 Å². The Labute approximate surface area is 178 Å². The number of hydrogen-bond donors (Lipinski definition) is 0. The highest BCUT2D eigenvalue weighted by Crippen LogP contribution is 2.54. The van der Waals surface area contributed by atoms with Crippen LogP contribution < -0.4 is 0 Å². The first kappa shape index (κ1) is 17.3. The molecular weight excluding hydrogens is 453 g/mol. The molecule has 0 radical (unpaired) electrons. The minimum atomic E-state index is 0.249. The Bertz CT molecular complexity index is 1290. The van der Waals surface area contributed by atoms with Crippen molar-refractivity contribution in [3.05, 3.63) is 66.5 Å². The van der Waals surface area contributed by atoms with E-state index in [-0.39, 0.29) is 20.1 Å². The van der Waals surface area contributed by atoms with Crippen LogP contribution in [0.1, 0.15) is 0 Å². The Morgan fingerprint density at radius 1 is 0.385 bits per heavy atom. The fourth-order valence-electron chi connectivity index (χ4n) is 3.81. The molecular formula is C20H6Cl6. The lowest BCUT2D eigenvalue weighted by atomic mass is 9.89. The lowest BCUT2D eigenvalue weighted by molar-refractivity contribution is 1.77. The summed E-state index contributed by atoms with van der Waals surface area (Å²) in [6, 6.07) is 12.1. The molecule has 0 nitrogen and oxygen atoms in total. The summed E-state index contributed by atoms with van der Waals surface area (Å²) in [6.45, 7) is 0. The van der Waals surface area contributed by atoms with Gasteiger partial charge in [-0.15, -0.1) is 0 Å². The van der Waals surface area contributed by atoms with Crippen molar-refractivity contribution in [1.29, 1.82) is 0 Å². The van der Waals surface area contributed by atoms with Gasteiger partial charge >= 0.3 is 0 Å². The Morgan fingerprint density at radius 2 is 0.808 bits per heavy atom. The summed E-state index contributed by atoms with van der Waals surface area (Å²) in [7, 11) is 0. The maximum atomic E-state index is 6.64. The van der Waals surface area contributed by atoms with Gasteiger partial charge in [0.05, 0.1) is 30.1 Å². The standard InChI is InChI=1S/C20H6Cl6/c21-15-11-8-5-1-3-7-4-2-6-9(10(7)8)12-13(11)14(17(23)19(15)25)18(24)20(26)16(12)22/h1-6H. The third-order valence-electron chi connectivity index (χ3n) is 4.84. The zero-order chi connectivity index (χ0) is 18.3. The number of hydrogen-bond acceptors (Lipinski definition) is 0. The van der Waals surface area contributed by atoms with Gasteiger partial charge in [-0.2, -0.15) is 0 Å². The molecule has 0 atom stereocenters. The zero-order valence-electron chi connectivity index (χ0n) is 12.7. The van der Waals surface area contributed by atoms with Crippen molar-refractivity contribution in [1.82, 2.24) is 0 Å². The Balaban J connectivity index is 2.36. The summed E-state index contributed by atoms with van der Waals surface area (Å²) in [4.78, 5) is 0. The van der Waals surface area contributed by atoms with Crippen molar-refractivity contribution in [2.45, 2.75) is 0 Å². The molecule has 128 valence electrons. The van der Waals surface area contributed by atoms with Crippen molar-refractivity contribution >= 4 is 113 Å². The van der Waals surface area contributed by atoms with Gasteiger partial charge in [0.25, 0.3) is 0 Å². The van der Waals surface area contributed by atoms with E-state index in [9.17, 15) is 0 Å². The van der Waals surface area contributed by atoms with Crippen molar-refractivity contribution in [2.24, 2.45) is 0 Å². The predicted octanol–water partition coefficient (Wildman–Crippen LogP) is 9.66. The molecule has 0 amide bonds. The Hall–Kier alpha value is -0.860. The van der Waals surface area contributed by atoms with Crippen LogP contribution in [0.2, 0.25) is 30.1 Å². The molecule has 0 unspecified atom stereocenters. The van der Waals surface area contributed by atoms with Crippen LogP contribution in [0.5, 0.6) is 0 Å². The molecule has 0 fully saturated rings. The average molecular weight is 459 g/mol. The maximum Gasteiger partial charge on any atom is 0.0791 e. The Morgan fingerprint density at radius 3 is 1.27 bits per heavy atom. The van der Waals surface area contributed by atoms with E-state index in [0.29, 0.717) is 15.4 Å². The normalized spacial score (nSPS) is 12.2. The van der Waals surface area contributed by atoms with E-state index in [4.69, 9.17) is 69.6 Å². The summed E-state index contributed by atoms with van der Waals surface area (Å²) in [5.74, 6) is 0. The predicted molar refractivity (Wildman–Crippen MR) is 118 cm³/mol. The second kappa shape index (κ2) is 5.82. The zero-order valence-corrected chi connectivity index (χ0v) is 17.3. The van der Waals surface area contributed by atoms with Crippen LogP contribution in [0.3, 0.4) is 0 Å². The van der Waals surface area contributed by atoms with Crippen molar-refractivity contribution in [3.8, 4) is 0 Å². The van der Waals surface area contributed by atoms with Crippen LogP contribution >= 0.6 is 69.6 Å². The fraction of sp³-hybridized carbons (Fsp3) is 0. The fourth-order valence-corrected chi connectivity index (χ4v) is 5.48. The van der Waals surface area contributed by atoms with Gasteiger partial charge in [0.15, 0.2) is 0 Å². The molecule has 0 aliphatic carbocycles. The van der Waals surface area contributed by atoms with Crippen molar-refractivity contribution < 1.29 is 0 Å². The van der Waals surface area contributed by atoms with Crippen molar-refractivity contribution in [2.75, 3.05) is 0 Å². The van der Waals surface area contributed by atoms with Gasteiger partial charge in [0.2, 0.25) is 0 Å². The average Bonchev–Trinajstić information content (AvgIpc) is 2.64. The molecule has 26 heavy (non-hydrogen) atoms. The van der Waals surface area contributed by atoms with Crippen LogP contribution in [-0.2, 0) is 0 Å². The van der Waals surface area contributed by atoms with E-state index in [2.05, 4.69) is 0 Å². The van der Waals surface area contributed by atoms with Crippen LogP contribution in [0.15, 0.2) is 36.4 Å². The number of rotatable bonds is 0. The topological polar surface area (TPSA) is 0 Å². The van der Waals surface area contributed by atoms with E-state index in [1.165, 1.54) is 0 Å². The van der Waals surface area contributed by atoms with E-state index < -0.39 is 0 Å². The molecule has 0 aliphatic heterocycles. The van der Waals surface area contributed by atoms with Crippen molar-refractivity contribution in [3.63, 3.8) is 0 Å². The first-order chi connectivity index (χ1) is 12.4. The lowest BCUT2D eigenvalue weighted by Crippen LogP contribution is -1.92. The second-order valence-electron chi connectivity index (χ2n) is 6.09. The lowest BCUT2D eigenvalue weighted by Gasteiger charge is -2.20. The molecule has 0 saturated heterocycles. The monoisotopic (exact) mass is 456 g/mol. The van der Waals surface area contributed by atoms with E-state index in [1.807, 2.05) is 36.4 Å². The van der Waals surface area contributed by atoms with E-state index >= 15 is 0 Å². The summed E-state index contributed by atoms with van der Waals surface area (Å²) < 4.78 is 0. The summed E-state index contributed by atoms with van der Waals surface area (Å²) in [6.07, 6.45) is 0. The Kier molecular flexibility index (Phi) is 3.86. The summed E-state index contributed by atoms with van der Waals surface area (Å²) in [5.41, 5.74) is 0. The highest BCUT2D eigenvalue weighted by atomic mass is 35.5. The highest BCUT2D eigenvalue weighted by Gasteiger charge is 2.25. The number of benzene rings is 5. The maximum absolute atomic E-state index is 6.64. The molecule has 0 bridgehead atoms. The van der Waals surface area contributed by atoms with Crippen LogP contribution in [0.4, 0.5) is 0 Å². The molecule has 0 saturated carbocycles. The largest absolute Gasteiger partial charge is 0.0819 e. The number of halogens is 6. The molecule has 0 N–H and O–H groups in total. The quantitative estimate of drug-likeness (QED) is 0.123. The SMILES string of the molecule is Clc1c(Cl)c2c(Cl)c(Cl)c(Cl)c3c4cccc5cccc(c(c1Cl)c23)c54. The van der Waals surface area contributed by atoms with E-state index in [0.717, 1.165) is 37.7 Å². The van der Waals surface area contributed by atoms with Crippen LogP contribution in [0.25, 0.3) is 43.1 Å². The molecule has 5 aromatic rings. The minimum absolute atomic E-state index is 0.249. The smallest absolute Gasteiger partial charge is 0.0791 e. The van der Waals surface area contributed by atoms with Gasteiger partial charge in [-0.25, -0.2) is 0 Å². The minimum Gasteiger partial charge on any atom is -0.0819 e. The second-order valence-corrected chi connectivity index (χ2v) is 8.36. The molecule has 0 aromatic heterocycles. The van der Waals surface area contributed by atoms with Crippen LogP contribution in [-0.4, -0.2) is 0 Å². The van der Waals surface area contributed by atoms with Gasteiger partial charge in [0, 0.05) is 21.5 Å². The molecule has 0 spiro atoms. The van der Waals surface area contributed by atoms with Crippen LogP contribution in [0, 0.1) is 0 Å². The molecule has 0 heterocycles. The molecule has 6 heteroatoms. The van der Waals surface area contributed by atoms with Gasteiger partial charge in [-0.3, -0.25) is 0 Å². The third kappa shape index (κ3) is 2.01. The first-order valence-electron chi connectivity index (χ1n) is 7.62. The van der Waals surface area contributed by atoms with Gasteiger partial charge in [0.1, 0.15) is 0 Å². The highest BCUT2D eigenvalue weighted by molar-refractivity contribution is 6.61. The molecule has 0 aliphatic rings. The summed E-state index contributed by atoms with van der Waals surface area (Å²) >= 11 is 39.2. The van der Waals surface area contributed by atoms with Gasteiger partial charge in [-0.05, 0) is 21.5 Å². The van der Waals surface area contributed by atoms with Gasteiger partial charge < -0.3 is 0 Å². The first-order valence-corrected chi connectivity index (χ1v) is 9.89. The summed E-state index contributed by atoms with van der Waals surface area (Å²) in [5, 5.41) is 8.73. The number of fused-ring (bicyclic) bond motifs is 2. The van der Waals surface area contributed by atoms with Gasteiger partial charge in [-0.1, -0.05) is 106 Å². The molecule has 5 aromatic carbocycles. The third-order valence-corrected chi connectivity index (χ3v) is 7.50. The molecule has 5 rings (SSSR count).